The normalized spacial score (nSPS) is 12.4. The second-order valence-corrected chi connectivity index (χ2v) is 9.00. The molecule has 0 bridgehead atoms. The van der Waals surface area contributed by atoms with Gasteiger partial charge in [0.25, 0.3) is 0 Å². The monoisotopic (exact) mass is 390 g/mol. The minimum Gasteiger partial charge on any atom is -0.361 e. The van der Waals surface area contributed by atoms with Gasteiger partial charge in [-0.15, -0.1) is 0 Å². The molecule has 0 aliphatic carbocycles. The van der Waals surface area contributed by atoms with E-state index in [0.717, 1.165) is 5.69 Å². The molecule has 0 aliphatic rings. The highest BCUT2D eigenvalue weighted by atomic mass is 14.9. The van der Waals surface area contributed by atoms with E-state index in [0.29, 0.717) is 23.7 Å². The molecule has 0 aromatic heterocycles. The van der Waals surface area contributed by atoms with Gasteiger partial charge in [-0.1, -0.05) is 91.8 Å². The van der Waals surface area contributed by atoms with Crippen molar-refractivity contribution in [3.63, 3.8) is 0 Å². The Hall–Kier alpha value is -2.35. The average molecular weight is 391 g/mol. The van der Waals surface area contributed by atoms with Crippen LogP contribution in [0.4, 0.5) is 11.4 Å². The van der Waals surface area contributed by atoms with Crippen molar-refractivity contribution in [3.8, 4) is 0 Å². The van der Waals surface area contributed by atoms with Crippen LogP contribution >= 0.6 is 0 Å². The van der Waals surface area contributed by atoms with Crippen LogP contribution in [0.1, 0.15) is 101 Å². The van der Waals surface area contributed by atoms with E-state index in [9.17, 15) is 0 Å². The highest BCUT2D eigenvalue weighted by molar-refractivity contribution is 5.77. The number of allylic oxidation sites excluding steroid dienone is 1. The highest BCUT2D eigenvalue weighted by Crippen LogP contribution is 2.35. The third-order valence-corrected chi connectivity index (χ3v) is 5.33. The zero-order chi connectivity index (χ0) is 21.6. The number of benzene rings is 2. The third kappa shape index (κ3) is 5.82. The minimum atomic E-state index is 0.453. The topological polar surface area (TPSA) is 24.4 Å². The van der Waals surface area contributed by atoms with E-state index in [2.05, 4.69) is 97.1 Å². The van der Waals surface area contributed by atoms with E-state index in [4.69, 9.17) is 4.99 Å². The number of rotatable bonds is 8. The second kappa shape index (κ2) is 10.4. The van der Waals surface area contributed by atoms with Crippen LogP contribution in [0.15, 0.2) is 53.7 Å². The summed E-state index contributed by atoms with van der Waals surface area (Å²) in [5, 5.41) is 3.53. The first-order chi connectivity index (χ1) is 13.7. The maximum absolute atomic E-state index is 4.84. The van der Waals surface area contributed by atoms with Crippen molar-refractivity contribution in [2.75, 3.05) is 5.32 Å². The number of nitrogens with zero attached hydrogens (tertiary/aromatic N) is 1. The second-order valence-electron chi connectivity index (χ2n) is 9.00. The molecule has 1 N–H and O–H groups in total. The SMILES string of the molecule is CC(C)c1cccc(C(C)C)c1N=C/C=C/Nc1c(C(C)C)cccc1C(C)C. The lowest BCUT2D eigenvalue weighted by Gasteiger charge is -2.19. The Kier molecular flexibility index (Phi) is 8.25. The first-order valence-corrected chi connectivity index (χ1v) is 10.9. The first kappa shape index (κ1) is 22.9. The zero-order valence-electron chi connectivity index (χ0n) is 19.5. The molecule has 0 amide bonds. The van der Waals surface area contributed by atoms with E-state index >= 15 is 0 Å². The lowest BCUT2D eigenvalue weighted by molar-refractivity contribution is 0.835. The summed E-state index contributed by atoms with van der Waals surface area (Å²) < 4.78 is 0. The lowest BCUT2D eigenvalue weighted by atomic mass is 9.93. The van der Waals surface area contributed by atoms with Gasteiger partial charge < -0.3 is 5.32 Å². The van der Waals surface area contributed by atoms with Gasteiger partial charge in [0, 0.05) is 18.1 Å². The van der Waals surface area contributed by atoms with Gasteiger partial charge in [-0.05, 0) is 52.0 Å². The molecular formula is C27H38N2. The van der Waals surface area contributed by atoms with Crippen LogP contribution in [0.5, 0.6) is 0 Å². The Morgan fingerprint density at radius 3 is 1.48 bits per heavy atom. The molecule has 0 radical (unpaired) electrons. The van der Waals surface area contributed by atoms with Gasteiger partial charge in [-0.25, -0.2) is 0 Å². The van der Waals surface area contributed by atoms with Crippen LogP contribution in [-0.4, -0.2) is 6.21 Å². The summed E-state index contributed by atoms with van der Waals surface area (Å²) in [6.07, 6.45) is 5.92. The number of nitrogens with one attached hydrogen (secondary N) is 1. The average Bonchev–Trinajstić information content (AvgIpc) is 2.66. The van der Waals surface area contributed by atoms with Crippen LogP contribution in [0.25, 0.3) is 0 Å². The van der Waals surface area contributed by atoms with Crippen molar-refractivity contribution in [1.29, 1.82) is 0 Å². The van der Waals surface area contributed by atoms with Crippen molar-refractivity contribution in [1.82, 2.24) is 0 Å². The highest BCUT2D eigenvalue weighted by Gasteiger charge is 2.13. The lowest BCUT2D eigenvalue weighted by Crippen LogP contribution is -2.02. The number of anilines is 1. The molecular weight excluding hydrogens is 352 g/mol. The van der Waals surface area contributed by atoms with E-state index in [1.165, 1.54) is 27.9 Å². The fraction of sp³-hybridized carbons (Fsp3) is 0.444. The predicted octanol–water partition coefficient (Wildman–Crippen LogP) is 8.51. The zero-order valence-corrected chi connectivity index (χ0v) is 19.5. The molecule has 0 atom stereocenters. The van der Waals surface area contributed by atoms with Crippen LogP contribution in [-0.2, 0) is 0 Å². The summed E-state index contributed by atoms with van der Waals surface area (Å²) in [4.78, 5) is 4.84. The first-order valence-electron chi connectivity index (χ1n) is 10.9. The molecule has 156 valence electrons. The van der Waals surface area contributed by atoms with Crippen molar-refractivity contribution in [3.05, 3.63) is 70.9 Å². The Morgan fingerprint density at radius 1 is 0.655 bits per heavy atom. The molecule has 0 saturated carbocycles. The summed E-state index contributed by atoms with van der Waals surface area (Å²) in [6.45, 7) is 17.9. The molecule has 0 aliphatic heterocycles. The summed E-state index contributed by atoms with van der Waals surface area (Å²) in [6, 6.07) is 13.1. The molecule has 0 unspecified atom stereocenters. The van der Waals surface area contributed by atoms with Crippen molar-refractivity contribution < 1.29 is 0 Å². The van der Waals surface area contributed by atoms with E-state index in [1.54, 1.807) is 0 Å². The maximum atomic E-state index is 4.84. The summed E-state index contributed by atoms with van der Waals surface area (Å²) in [5.41, 5.74) is 7.66. The molecule has 2 aromatic carbocycles. The van der Waals surface area contributed by atoms with Crippen LogP contribution in [0.3, 0.4) is 0 Å². The molecule has 2 aromatic rings. The fourth-order valence-electron chi connectivity index (χ4n) is 3.67. The van der Waals surface area contributed by atoms with Crippen LogP contribution in [0.2, 0.25) is 0 Å². The summed E-state index contributed by atoms with van der Waals surface area (Å²) in [7, 11) is 0. The minimum absolute atomic E-state index is 0.453. The van der Waals surface area contributed by atoms with E-state index in [-0.39, 0.29) is 0 Å². The summed E-state index contributed by atoms with van der Waals surface area (Å²) >= 11 is 0. The van der Waals surface area contributed by atoms with E-state index < -0.39 is 0 Å². The summed E-state index contributed by atoms with van der Waals surface area (Å²) in [5.74, 6) is 1.86. The Bertz CT molecular complexity index is 802. The molecule has 0 spiro atoms. The Morgan fingerprint density at radius 2 is 1.07 bits per heavy atom. The molecule has 2 nitrogen and oxygen atoms in total. The number of hydrogen-bond acceptors (Lipinski definition) is 2. The molecule has 2 rings (SSSR count). The molecule has 0 saturated heterocycles. The molecule has 0 heterocycles. The number of para-hydroxylation sites is 2. The molecule has 29 heavy (non-hydrogen) atoms. The quantitative estimate of drug-likeness (QED) is 0.449. The van der Waals surface area contributed by atoms with Gasteiger partial charge in [0.15, 0.2) is 0 Å². The van der Waals surface area contributed by atoms with Gasteiger partial charge in [-0.3, -0.25) is 4.99 Å². The van der Waals surface area contributed by atoms with Crippen molar-refractivity contribution in [2.45, 2.75) is 79.1 Å². The largest absolute Gasteiger partial charge is 0.361 e. The van der Waals surface area contributed by atoms with Gasteiger partial charge in [-0.2, -0.15) is 0 Å². The third-order valence-electron chi connectivity index (χ3n) is 5.33. The molecule has 2 heteroatoms. The van der Waals surface area contributed by atoms with Crippen LogP contribution < -0.4 is 5.32 Å². The smallest absolute Gasteiger partial charge is 0.0698 e. The molecule has 0 fully saturated rings. The van der Waals surface area contributed by atoms with Gasteiger partial charge in [0.05, 0.1) is 5.69 Å². The van der Waals surface area contributed by atoms with Crippen LogP contribution in [0, 0.1) is 0 Å². The standard InChI is InChI=1S/C27H38N2/c1-18(2)22-12-9-13-23(19(3)4)26(22)28-16-11-17-29-27-24(20(5)6)14-10-15-25(27)21(7)8/h9-21,28H,1-8H3/b16-11+,29-17?. The number of aliphatic imine (C=N–C) groups is 1. The van der Waals surface area contributed by atoms with Gasteiger partial charge in [0.2, 0.25) is 0 Å². The maximum Gasteiger partial charge on any atom is 0.0698 e. The van der Waals surface area contributed by atoms with Crippen molar-refractivity contribution >= 4 is 17.6 Å². The van der Waals surface area contributed by atoms with Gasteiger partial charge in [0.1, 0.15) is 0 Å². The predicted molar refractivity (Wildman–Crippen MR) is 130 cm³/mol. The Labute approximate surface area is 178 Å². The Balaban J connectivity index is 2.28. The fourth-order valence-corrected chi connectivity index (χ4v) is 3.67. The van der Waals surface area contributed by atoms with Crippen molar-refractivity contribution in [2.24, 2.45) is 4.99 Å². The number of hydrogen-bond donors (Lipinski definition) is 1. The van der Waals surface area contributed by atoms with Gasteiger partial charge >= 0.3 is 0 Å². The van der Waals surface area contributed by atoms with E-state index in [1.807, 2.05) is 18.5 Å².